The smallest absolute Gasteiger partial charge is 0.222 e. The van der Waals surface area contributed by atoms with Crippen LogP contribution in [0.5, 0.6) is 0 Å². The fourth-order valence-electron chi connectivity index (χ4n) is 3.29. The molecule has 0 unspecified atom stereocenters. The molecule has 2 aliphatic rings. The topological polar surface area (TPSA) is 20.3 Å². The van der Waals surface area contributed by atoms with Gasteiger partial charge in [-0.1, -0.05) is 6.07 Å². The molecule has 2 nitrogen and oxygen atoms in total. The number of carbonyl (C=O) groups excluding carboxylic acids is 1. The van der Waals surface area contributed by atoms with Gasteiger partial charge in [0.05, 0.1) is 0 Å². The Morgan fingerprint density at radius 2 is 1.95 bits per heavy atom. The summed E-state index contributed by atoms with van der Waals surface area (Å²) in [7, 11) is 0. The van der Waals surface area contributed by atoms with Crippen LogP contribution in [0.15, 0.2) is 18.2 Å². The van der Waals surface area contributed by atoms with Crippen molar-refractivity contribution in [2.45, 2.75) is 44.9 Å². The van der Waals surface area contributed by atoms with Crippen molar-refractivity contribution in [2.75, 3.05) is 13.1 Å². The summed E-state index contributed by atoms with van der Waals surface area (Å²) in [6.45, 7) is 1.71. The molecule has 0 bridgehead atoms. The average Bonchev–Trinajstić information content (AvgIpc) is 3.33. The SMILES string of the molecule is O=C(CC1CC1)N1CCC[C@H](CCc2ccc(F)c(F)c2)C1. The van der Waals surface area contributed by atoms with Crippen LogP contribution in [-0.4, -0.2) is 23.9 Å². The molecule has 1 aromatic carbocycles. The van der Waals surface area contributed by atoms with Gasteiger partial charge in [-0.15, -0.1) is 0 Å². The Balaban J connectivity index is 1.49. The Morgan fingerprint density at radius 3 is 2.68 bits per heavy atom. The first-order valence-corrected chi connectivity index (χ1v) is 8.33. The zero-order valence-electron chi connectivity index (χ0n) is 12.9. The molecule has 1 atom stereocenters. The number of benzene rings is 1. The lowest BCUT2D eigenvalue weighted by Crippen LogP contribution is -2.40. The highest BCUT2D eigenvalue weighted by atomic mass is 19.2. The molecule has 120 valence electrons. The number of amides is 1. The van der Waals surface area contributed by atoms with Gasteiger partial charge in [-0.05, 0) is 68.1 Å². The number of hydrogen-bond donors (Lipinski definition) is 0. The highest BCUT2D eigenvalue weighted by Gasteiger charge is 2.29. The number of nitrogens with zero attached hydrogens (tertiary/aromatic N) is 1. The van der Waals surface area contributed by atoms with Gasteiger partial charge in [0.15, 0.2) is 11.6 Å². The number of piperidine rings is 1. The molecule has 0 spiro atoms. The number of carbonyl (C=O) groups is 1. The molecule has 1 saturated heterocycles. The summed E-state index contributed by atoms with van der Waals surface area (Å²) in [5.41, 5.74) is 0.834. The second kappa shape index (κ2) is 6.76. The van der Waals surface area contributed by atoms with Gasteiger partial charge >= 0.3 is 0 Å². The number of aryl methyl sites for hydroxylation is 1. The highest BCUT2D eigenvalue weighted by Crippen LogP contribution is 2.33. The van der Waals surface area contributed by atoms with Crippen LogP contribution in [0.25, 0.3) is 0 Å². The average molecular weight is 307 g/mol. The van der Waals surface area contributed by atoms with Gasteiger partial charge in [0, 0.05) is 19.5 Å². The second-order valence-electron chi connectivity index (χ2n) is 6.78. The highest BCUT2D eigenvalue weighted by molar-refractivity contribution is 5.76. The van der Waals surface area contributed by atoms with E-state index in [0.29, 0.717) is 17.7 Å². The molecule has 2 fully saturated rings. The molecule has 1 aliphatic carbocycles. The summed E-state index contributed by atoms with van der Waals surface area (Å²) in [4.78, 5) is 14.2. The third-order valence-electron chi connectivity index (χ3n) is 4.86. The Bertz CT molecular complexity index is 542. The van der Waals surface area contributed by atoms with E-state index in [4.69, 9.17) is 0 Å². The summed E-state index contributed by atoms with van der Waals surface area (Å²) in [5.74, 6) is -0.152. The van der Waals surface area contributed by atoms with Crippen LogP contribution in [-0.2, 0) is 11.2 Å². The predicted molar refractivity (Wildman–Crippen MR) is 81.3 cm³/mol. The van der Waals surface area contributed by atoms with E-state index in [-0.39, 0.29) is 0 Å². The molecule has 22 heavy (non-hydrogen) atoms. The molecule has 1 saturated carbocycles. The van der Waals surface area contributed by atoms with Gasteiger partial charge in [0.25, 0.3) is 0 Å². The maximum atomic E-state index is 13.2. The normalized spacial score (nSPS) is 21.9. The van der Waals surface area contributed by atoms with E-state index >= 15 is 0 Å². The number of rotatable bonds is 5. The fourth-order valence-corrected chi connectivity index (χ4v) is 3.29. The van der Waals surface area contributed by atoms with Crippen molar-refractivity contribution in [2.24, 2.45) is 11.8 Å². The standard InChI is InChI=1S/C18H23F2NO/c19-16-8-7-13(10-17(16)20)5-6-15-2-1-9-21(12-15)18(22)11-14-3-4-14/h7-8,10,14-15H,1-6,9,11-12H2/t15-/m1/s1. The second-order valence-corrected chi connectivity index (χ2v) is 6.78. The minimum atomic E-state index is -0.793. The molecule has 0 aromatic heterocycles. The molecular weight excluding hydrogens is 284 g/mol. The molecule has 4 heteroatoms. The maximum Gasteiger partial charge on any atom is 0.222 e. The van der Waals surface area contributed by atoms with Crippen molar-refractivity contribution in [1.82, 2.24) is 4.90 Å². The summed E-state index contributed by atoms with van der Waals surface area (Å²) >= 11 is 0. The van der Waals surface area contributed by atoms with Crippen LogP contribution < -0.4 is 0 Å². The van der Waals surface area contributed by atoms with Gasteiger partial charge in [0.1, 0.15) is 0 Å². The molecule has 0 N–H and O–H groups in total. The van der Waals surface area contributed by atoms with E-state index in [0.717, 1.165) is 50.8 Å². The van der Waals surface area contributed by atoms with Crippen LogP contribution in [0, 0.1) is 23.5 Å². The fraction of sp³-hybridized carbons (Fsp3) is 0.611. The van der Waals surface area contributed by atoms with Crippen molar-refractivity contribution in [3.8, 4) is 0 Å². The van der Waals surface area contributed by atoms with Gasteiger partial charge in [-0.3, -0.25) is 4.79 Å². The predicted octanol–water partition coefficient (Wildman–Crippen LogP) is 3.94. The lowest BCUT2D eigenvalue weighted by Gasteiger charge is -2.33. The van der Waals surface area contributed by atoms with E-state index in [9.17, 15) is 13.6 Å². The molecular formula is C18H23F2NO. The Hall–Kier alpha value is -1.45. The summed E-state index contributed by atoms with van der Waals surface area (Å²) < 4.78 is 26.1. The maximum absolute atomic E-state index is 13.2. The van der Waals surface area contributed by atoms with Crippen LogP contribution >= 0.6 is 0 Å². The molecule has 0 radical (unpaired) electrons. The number of likely N-dealkylation sites (tertiary alicyclic amines) is 1. The van der Waals surface area contributed by atoms with E-state index in [1.54, 1.807) is 6.07 Å². The third kappa shape index (κ3) is 4.05. The molecule has 1 heterocycles. The van der Waals surface area contributed by atoms with Gasteiger partial charge in [-0.2, -0.15) is 0 Å². The quantitative estimate of drug-likeness (QED) is 0.807. The first-order valence-electron chi connectivity index (χ1n) is 8.33. The molecule has 3 rings (SSSR count). The third-order valence-corrected chi connectivity index (χ3v) is 4.86. The van der Waals surface area contributed by atoms with Crippen molar-refractivity contribution in [1.29, 1.82) is 0 Å². The van der Waals surface area contributed by atoms with Crippen LogP contribution in [0.1, 0.15) is 44.1 Å². The van der Waals surface area contributed by atoms with Crippen molar-refractivity contribution < 1.29 is 13.6 Å². The van der Waals surface area contributed by atoms with E-state index in [1.807, 2.05) is 4.90 Å². The Kier molecular flexibility index (Phi) is 4.74. The van der Waals surface area contributed by atoms with E-state index in [2.05, 4.69) is 0 Å². The Labute approximate surface area is 130 Å². The largest absolute Gasteiger partial charge is 0.342 e. The number of hydrogen-bond acceptors (Lipinski definition) is 1. The minimum absolute atomic E-state index is 0.306. The summed E-state index contributed by atoms with van der Waals surface area (Å²) in [6, 6.07) is 4.13. The zero-order valence-corrected chi connectivity index (χ0v) is 12.9. The summed E-state index contributed by atoms with van der Waals surface area (Å²) in [6.07, 6.45) is 6.98. The van der Waals surface area contributed by atoms with Crippen molar-refractivity contribution >= 4 is 5.91 Å². The van der Waals surface area contributed by atoms with Crippen molar-refractivity contribution in [3.05, 3.63) is 35.4 Å². The van der Waals surface area contributed by atoms with Crippen LogP contribution in [0.4, 0.5) is 8.78 Å². The first-order chi connectivity index (χ1) is 10.6. The zero-order chi connectivity index (χ0) is 15.5. The molecule has 1 aliphatic heterocycles. The first kappa shape index (κ1) is 15.4. The minimum Gasteiger partial charge on any atom is -0.342 e. The van der Waals surface area contributed by atoms with Gasteiger partial charge in [0.2, 0.25) is 5.91 Å². The Morgan fingerprint density at radius 1 is 1.14 bits per heavy atom. The monoisotopic (exact) mass is 307 g/mol. The lowest BCUT2D eigenvalue weighted by molar-refractivity contribution is -0.133. The van der Waals surface area contributed by atoms with Crippen LogP contribution in [0.2, 0.25) is 0 Å². The van der Waals surface area contributed by atoms with Gasteiger partial charge in [-0.25, -0.2) is 8.78 Å². The van der Waals surface area contributed by atoms with Crippen molar-refractivity contribution in [3.63, 3.8) is 0 Å². The molecule has 1 amide bonds. The van der Waals surface area contributed by atoms with E-state index in [1.165, 1.54) is 25.0 Å². The van der Waals surface area contributed by atoms with Gasteiger partial charge < -0.3 is 4.90 Å². The number of halogens is 2. The van der Waals surface area contributed by atoms with Crippen LogP contribution in [0.3, 0.4) is 0 Å². The summed E-state index contributed by atoms with van der Waals surface area (Å²) in [5, 5.41) is 0. The lowest BCUT2D eigenvalue weighted by atomic mass is 9.91. The molecule has 1 aromatic rings. The van der Waals surface area contributed by atoms with E-state index < -0.39 is 11.6 Å².